The maximum absolute atomic E-state index is 12.7. The summed E-state index contributed by atoms with van der Waals surface area (Å²) in [6.45, 7) is -0.434. The molecule has 1 aromatic carbocycles. The van der Waals surface area contributed by atoms with E-state index in [1.54, 1.807) is 12.1 Å². The Bertz CT molecular complexity index is 2270. The number of aromatic amines is 2. The summed E-state index contributed by atoms with van der Waals surface area (Å²) in [5, 5.41) is 9.00. The average Bonchev–Trinajstić information content (AvgIpc) is 4.01. The van der Waals surface area contributed by atoms with Crippen LogP contribution < -0.4 is 4.74 Å². The molecule has 15 nitrogen and oxygen atoms in total. The topological polar surface area (TPSA) is 193 Å². The lowest BCUT2D eigenvalue weighted by atomic mass is 9.91. The molecule has 8 bridgehead atoms. The van der Waals surface area contributed by atoms with E-state index in [1.807, 2.05) is 72.8 Å². The summed E-state index contributed by atoms with van der Waals surface area (Å²) in [7, 11) is -2.53. The number of phosphoric ester groups is 2. The number of carboxylic acid groups (broad SMARTS) is 1. The third-order valence-electron chi connectivity index (χ3n) is 8.68. The molecule has 284 valence electrons. The Balaban J connectivity index is 1.48. The van der Waals surface area contributed by atoms with Gasteiger partial charge in [-0.1, -0.05) is 12.1 Å². The van der Waals surface area contributed by atoms with Crippen molar-refractivity contribution in [1.82, 2.24) is 19.9 Å². The highest BCUT2D eigenvalue weighted by Gasteiger charge is 2.27. The van der Waals surface area contributed by atoms with Gasteiger partial charge in [-0.05, 0) is 97.2 Å². The zero-order valence-corrected chi connectivity index (χ0v) is 31.8. The summed E-state index contributed by atoms with van der Waals surface area (Å²) in [6, 6.07) is 18.9. The summed E-state index contributed by atoms with van der Waals surface area (Å²) in [4.78, 5) is 28.0. The van der Waals surface area contributed by atoms with Gasteiger partial charge < -0.3 is 19.8 Å². The van der Waals surface area contributed by atoms with Crippen LogP contribution in [0.2, 0.25) is 0 Å². The van der Waals surface area contributed by atoms with Gasteiger partial charge in [0.25, 0.3) is 0 Å². The van der Waals surface area contributed by atoms with Crippen LogP contribution in [-0.2, 0) is 41.1 Å². The van der Waals surface area contributed by atoms with Gasteiger partial charge in [0.2, 0.25) is 0 Å². The van der Waals surface area contributed by atoms with Crippen LogP contribution in [-0.4, -0.2) is 79.3 Å². The number of hydrogen-bond acceptors (Lipinski definition) is 12. The number of H-pyrrole nitrogens is 2. The van der Waals surface area contributed by atoms with E-state index in [-0.39, 0.29) is 19.1 Å². The minimum absolute atomic E-state index is 0.00110. The zero-order chi connectivity index (χ0) is 38.3. The number of nitrogens with zero attached hydrogens (tertiary/aromatic N) is 2. The van der Waals surface area contributed by atoms with E-state index in [0.29, 0.717) is 35.7 Å². The fraction of sp³-hybridized carbons (Fsp3) is 0.270. The maximum Gasteiger partial charge on any atom is 0.474 e. The molecule has 17 heteroatoms. The van der Waals surface area contributed by atoms with Gasteiger partial charge in [0.05, 0.1) is 36.0 Å². The molecule has 0 spiro atoms. The number of phosphoric acid groups is 2. The molecule has 3 N–H and O–H groups in total. The molecule has 0 radical (unpaired) electrons. The van der Waals surface area contributed by atoms with Crippen LogP contribution in [0.25, 0.3) is 57.5 Å². The highest BCUT2D eigenvalue weighted by molar-refractivity contribution is 7.48. The molecule has 0 saturated heterocycles. The maximum atomic E-state index is 12.7. The number of fused-ring (bicyclic) bond motifs is 8. The first-order chi connectivity index (χ1) is 26.0. The Labute approximate surface area is 311 Å². The molecule has 0 amide bonds. The number of carboxylic acids is 1. The highest BCUT2D eigenvalue weighted by atomic mass is 31.2. The monoisotopic (exact) mass is 778 g/mol. The highest BCUT2D eigenvalue weighted by Crippen LogP contribution is 2.49. The van der Waals surface area contributed by atoms with Crippen LogP contribution in [0.15, 0.2) is 60.7 Å². The van der Waals surface area contributed by atoms with Crippen LogP contribution >= 0.6 is 15.6 Å². The Kier molecular flexibility index (Phi) is 12.4. The first-order valence-corrected chi connectivity index (χ1v) is 19.7. The van der Waals surface area contributed by atoms with E-state index in [1.165, 1.54) is 28.4 Å². The molecule has 6 rings (SSSR count). The molecule has 0 fully saturated rings. The van der Waals surface area contributed by atoms with Crippen LogP contribution in [0.5, 0.6) is 5.75 Å². The number of ether oxygens (including phenoxy) is 1. The summed E-state index contributed by atoms with van der Waals surface area (Å²) in [5.41, 5.74) is 8.46. The second-order valence-corrected chi connectivity index (χ2v) is 15.8. The largest absolute Gasteiger partial charge is 0.482 e. The molecule has 0 atom stereocenters. The first-order valence-electron chi connectivity index (χ1n) is 16.8. The zero-order valence-electron chi connectivity index (χ0n) is 30.0. The molecule has 4 aromatic rings. The van der Waals surface area contributed by atoms with Gasteiger partial charge in [-0.15, -0.1) is 0 Å². The van der Waals surface area contributed by atoms with Gasteiger partial charge in [-0.25, -0.2) is 23.9 Å². The predicted octanol–water partition coefficient (Wildman–Crippen LogP) is 8.48. The van der Waals surface area contributed by atoms with Gasteiger partial charge in [0, 0.05) is 61.6 Å². The van der Waals surface area contributed by atoms with Gasteiger partial charge in [0.1, 0.15) is 5.75 Å². The van der Waals surface area contributed by atoms with Crippen molar-refractivity contribution in [3.8, 4) is 16.9 Å². The predicted molar refractivity (Wildman–Crippen MR) is 205 cm³/mol. The first kappa shape index (κ1) is 39.0. The van der Waals surface area contributed by atoms with Crippen molar-refractivity contribution < 1.29 is 50.9 Å². The van der Waals surface area contributed by atoms with Crippen LogP contribution in [0.3, 0.4) is 0 Å². The average molecular weight is 779 g/mol. The standard InChI is InChI=1S/C37H40N4O11P2/c1-46-53(44,47-2)51-19-17-25(18-20-52-54(45,48-3)49-4)37-33-15-9-28(40-33)21-26-7-13-31(38-26)36(24-5-11-30(12-6-24)50-23-35(42)43)32-14-8-27(39-32)22-29-10-16-34(37)41-29/h5-16,21-22,25,38,41H,17-20,23H2,1-4H3,(H,42,43). The third kappa shape index (κ3) is 9.33. The van der Waals surface area contributed by atoms with Crippen molar-refractivity contribution in [2.75, 3.05) is 48.3 Å². The number of benzene rings is 1. The molecule has 3 aromatic heterocycles. The molecule has 2 aliphatic rings. The number of aliphatic carboxylic acids is 1. The Morgan fingerprint density at radius 3 is 1.78 bits per heavy atom. The molecule has 0 aliphatic carbocycles. The normalized spacial score (nSPS) is 12.8. The Hall–Kier alpha value is -4.69. The van der Waals surface area contributed by atoms with E-state index in [9.17, 15) is 13.9 Å². The second kappa shape index (κ2) is 17.2. The van der Waals surface area contributed by atoms with Crippen molar-refractivity contribution in [3.63, 3.8) is 0 Å². The number of hydrogen-bond donors (Lipinski definition) is 3. The molecule has 0 unspecified atom stereocenters. The quantitative estimate of drug-likeness (QED) is 0.0747. The summed E-state index contributed by atoms with van der Waals surface area (Å²) in [5.74, 6) is -0.948. The Morgan fingerprint density at radius 2 is 1.22 bits per heavy atom. The van der Waals surface area contributed by atoms with Crippen molar-refractivity contribution >= 4 is 68.0 Å². The fourth-order valence-electron chi connectivity index (χ4n) is 6.10. The van der Waals surface area contributed by atoms with E-state index in [2.05, 4.69) is 9.97 Å². The van der Waals surface area contributed by atoms with E-state index in [4.69, 9.17) is 47.0 Å². The second-order valence-electron chi connectivity index (χ2n) is 12.0. The van der Waals surface area contributed by atoms with Gasteiger partial charge in [-0.3, -0.25) is 27.1 Å². The SMILES string of the molecule is COP(=O)(OC)OCCC(CCOP(=O)(OC)OC)c1c2nc(cc3ccc([nH]3)c(-c3ccc(OCC(=O)O)cc3)c3nc(cc4ccc1[nH]4)C=C3)C=C2. The lowest BCUT2D eigenvalue weighted by Crippen LogP contribution is -2.10. The molecule has 0 saturated carbocycles. The number of carbonyl (C=O) groups is 1. The minimum Gasteiger partial charge on any atom is -0.482 e. The smallest absolute Gasteiger partial charge is 0.474 e. The number of aromatic nitrogens is 4. The van der Waals surface area contributed by atoms with Crippen molar-refractivity contribution in [3.05, 3.63) is 89.0 Å². The number of nitrogens with one attached hydrogen (secondary N) is 2. The third-order valence-corrected chi connectivity index (χ3v) is 11.5. The molecule has 2 aliphatic heterocycles. The van der Waals surface area contributed by atoms with E-state index < -0.39 is 28.2 Å². The van der Waals surface area contributed by atoms with Crippen molar-refractivity contribution in [2.45, 2.75) is 18.8 Å². The Morgan fingerprint density at radius 1 is 0.704 bits per heavy atom. The minimum atomic E-state index is -3.76. The summed E-state index contributed by atoms with van der Waals surface area (Å²) < 4.78 is 61.9. The van der Waals surface area contributed by atoms with Crippen LogP contribution in [0.4, 0.5) is 0 Å². The lowest BCUT2D eigenvalue weighted by Gasteiger charge is -2.21. The number of rotatable bonds is 17. The van der Waals surface area contributed by atoms with Crippen LogP contribution in [0.1, 0.15) is 47.1 Å². The molecule has 54 heavy (non-hydrogen) atoms. The van der Waals surface area contributed by atoms with Crippen molar-refractivity contribution in [1.29, 1.82) is 0 Å². The lowest BCUT2D eigenvalue weighted by molar-refractivity contribution is -0.139. The van der Waals surface area contributed by atoms with Gasteiger partial charge >= 0.3 is 21.6 Å². The van der Waals surface area contributed by atoms with E-state index >= 15 is 0 Å². The van der Waals surface area contributed by atoms with Crippen molar-refractivity contribution in [2.24, 2.45) is 0 Å². The van der Waals surface area contributed by atoms with Gasteiger partial charge in [0.15, 0.2) is 6.61 Å². The summed E-state index contributed by atoms with van der Waals surface area (Å²) in [6.07, 6.45) is 8.37. The molecular weight excluding hydrogens is 738 g/mol. The summed E-state index contributed by atoms with van der Waals surface area (Å²) >= 11 is 0. The molecule has 5 heterocycles. The van der Waals surface area contributed by atoms with E-state index in [0.717, 1.165) is 44.5 Å². The molecular formula is C37H40N4O11P2. The fourth-order valence-corrected chi connectivity index (χ4v) is 7.48. The van der Waals surface area contributed by atoms with Gasteiger partial charge in [-0.2, -0.15) is 0 Å². The van der Waals surface area contributed by atoms with Crippen LogP contribution in [0, 0.1) is 0 Å².